The van der Waals surface area contributed by atoms with Gasteiger partial charge in [-0.1, -0.05) is 12.1 Å². The second-order valence-electron chi connectivity index (χ2n) is 7.94. The minimum absolute atomic E-state index is 0.467. The van der Waals surface area contributed by atoms with Gasteiger partial charge in [-0.3, -0.25) is 9.80 Å². The second kappa shape index (κ2) is 8.40. The van der Waals surface area contributed by atoms with Crippen LogP contribution in [0.5, 0.6) is 5.75 Å². The molecule has 6 nitrogen and oxygen atoms in total. The lowest BCUT2D eigenvalue weighted by Gasteiger charge is -2.32. The van der Waals surface area contributed by atoms with E-state index >= 15 is 0 Å². The molecule has 0 aliphatic carbocycles. The molecule has 27 heavy (non-hydrogen) atoms. The largest absolute Gasteiger partial charge is 0.497 e. The molecule has 2 aliphatic heterocycles. The van der Waals surface area contributed by atoms with Crippen molar-refractivity contribution in [3.8, 4) is 5.75 Å². The molecule has 4 rings (SSSR count). The van der Waals surface area contributed by atoms with E-state index in [2.05, 4.69) is 49.8 Å². The Bertz CT molecular complexity index is 753. The van der Waals surface area contributed by atoms with Crippen LogP contribution in [0, 0.1) is 0 Å². The van der Waals surface area contributed by atoms with Crippen molar-refractivity contribution in [2.45, 2.75) is 44.7 Å². The van der Waals surface area contributed by atoms with Crippen molar-refractivity contribution in [1.29, 1.82) is 0 Å². The van der Waals surface area contributed by atoms with Crippen LogP contribution in [0.4, 0.5) is 0 Å². The molecule has 0 N–H and O–H groups in total. The second-order valence-corrected chi connectivity index (χ2v) is 7.94. The van der Waals surface area contributed by atoms with Gasteiger partial charge in [-0.15, -0.1) is 10.2 Å². The molecular weight excluding hydrogens is 338 g/mol. The minimum Gasteiger partial charge on any atom is -0.497 e. The first-order chi connectivity index (χ1) is 13.2. The van der Waals surface area contributed by atoms with Crippen molar-refractivity contribution in [2.75, 3.05) is 33.3 Å². The number of ether oxygens (including phenoxy) is 1. The number of rotatable bonds is 6. The number of nitrogens with zero attached hydrogens (tertiary/aromatic N) is 5. The number of aromatic nitrogens is 3. The Balaban J connectivity index is 1.41. The molecule has 0 spiro atoms. The summed E-state index contributed by atoms with van der Waals surface area (Å²) in [7, 11) is 3.87. The van der Waals surface area contributed by atoms with Gasteiger partial charge in [0, 0.05) is 26.1 Å². The third-order valence-electron chi connectivity index (χ3n) is 5.97. The Kier molecular flexibility index (Phi) is 5.74. The molecule has 3 heterocycles. The fourth-order valence-electron chi connectivity index (χ4n) is 4.45. The number of likely N-dealkylation sites (tertiary alicyclic amines) is 2. The van der Waals surface area contributed by atoms with Crippen LogP contribution in [0.2, 0.25) is 0 Å². The fraction of sp³-hybridized carbons (Fsp3) is 0.619. The molecule has 1 atom stereocenters. The predicted molar refractivity (Wildman–Crippen MR) is 106 cm³/mol. The van der Waals surface area contributed by atoms with Crippen molar-refractivity contribution >= 4 is 0 Å². The molecule has 0 radical (unpaired) electrons. The van der Waals surface area contributed by atoms with Crippen LogP contribution >= 0.6 is 0 Å². The SMILES string of the molecule is COc1cccc(CN2CCCC(c3nnc(CN4CCCC4)n3C)C2)c1. The molecule has 0 saturated carbocycles. The van der Waals surface area contributed by atoms with Crippen molar-refractivity contribution < 1.29 is 4.74 Å². The molecule has 0 bridgehead atoms. The zero-order chi connectivity index (χ0) is 18.6. The topological polar surface area (TPSA) is 46.4 Å². The third-order valence-corrected chi connectivity index (χ3v) is 5.97. The average molecular weight is 370 g/mol. The highest BCUT2D eigenvalue weighted by Crippen LogP contribution is 2.27. The molecule has 2 saturated heterocycles. The molecule has 0 amide bonds. The van der Waals surface area contributed by atoms with E-state index in [1.165, 1.54) is 44.3 Å². The number of hydrogen-bond acceptors (Lipinski definition) is 5. The number of methoxy groups -OCH3 is 1. The zero-order valence-corrected chi connectivity index (χ0v) is 16.6. The monoisotopic (exact) mass is 369 g/mol. The summed E-state index contributed by atoms with van der Waals surface area (Å²) in [5, 5.41) is 9.11. The lowest BCUT2D eigenvalue weighted by atomic mass is 9.96. The van der Waals surface area contributed by atoms with E-state index in [0.717, 1.165) is 43.6 Å². The summed E-state index contributed by atoms with van der Waals surface area (Å²) in [5.74, 6) is 3.66. The fourth-order valence-corrected chi connectivity index (χ4v) is 4.45. The van der Waals surface area contributed by atoms with Crippen molar-refractivity contribution in [3.05, 3.63) is 41.5 Å². The zero-order valence-electron chi connectivity index (χ0n) is 16.6. The first-order valence-corrected chi connectivity index (χ1v) is 10.2. The summed E-state index contributed by atoms with van der Waals surface area (Å²) < 4.78 is 7.61. The average Bonchev–Trinajstić information content (AvgIpc) is 3.33. The van der Waals surface area contributed by atoms with Gasteiger partial charge in [0.05, 0.1) is 13.7 Å². The summed E-state index contributed by atoms with van der Waals surface area (Å²) in [4.78, 5) is 5.03. The highest BCUT2D eigenvalue weighted by Gasteiger charge is 2.26. The number of piperidine rings is 1. The summed E-state index contributed by atoms with van der Waals surface area (Å²) in [6, 6.07) is 8.40. The van der Waals surface area contributed by atoms with Crippen molar-refractivity contribution in [3.63, 3.8) is 0 Å². The van der Waals surface area contributed by atoms with Crippen LogP contribution < -0.4 is 4.74 Å². The highest BCUT2D eigenvalue weighted by atomic mass is 16.5. The number of benzene rings is 1. The van der Waals surface area contributed by atoms with Gasteiger partial charge < -0.3 is 9.30 Å². The maximum Gasteiger partial charge on any atom is 0.146 e. The molecule has 1 unspecified atom stereocenters. The van der Waals surface area contributed by atoms with Gasteiger partial charge in [-0.05, 0) is 63.0 Å². The Morgan fingerprint density at radius 2 is 1.85 bits per heavy atom. The van der Waals surface area contributed by atoms with E-state index in [4.69, 9.17) is 4.74 Å². The molecule has 2 fully saturated rings. The highest BCUT2D eigenvalue weighted by molar-refractivity contribution is 5.28. The van der Waals surface area contributed by atoms with Crippen LogP contribution in [0.15, 0.2) is 24.3 Å². The van der Waals surface area contributed by atoms with E-state index < -0.39 is 0 Å². The molecule has 2 aromatic rings. The van der Waals surface area contributed by atoms with Crippen LogP contribution in [0.3, 0.4) is 0 Å². The van der Waals surface area contributed by atoms with Crippen molar-refractivity contribution in [1.82, 2.24) is 24.6 Å². The molecule has 2 aliphatic rings. The Morgan fingerprint density at radius 1 is 1.04 bits per heavy atom. The van der Waals surface area contributed by atoms with Crippen molar-refractivity contribution in [2.24, 2.45) is 7.05 Å². The van der Waals surface area contributed by atoms with E-state index in [-0.39, 0.29) is 0 Å². The molecule has 1 aromatic heterocycles. The maximum atomic E-state index is 5.36. The molecule has 146 valence electrons. The Hall–Kier alpha value is -1.92. The lowest BCUT2D eigenvalue weighted by molar-refractivity contribution is 0.194. The summed E-state index contributed by atoms with van der Waals surface area (Å²) in [5.41, 5.74) is 1.31. The normalized spacial score (nSPS) is 21.6. The van der Waals surface area contributed by atoms with E-state index in [1.54, 1.807) is 7.11 Å². The van der Waals surface area contributed by atoms with E-state index in [1.807, 2.05) is 6.07 Å². The van der Waals surface area contributed by atoms with Crippen LogP contribution in [0.1, 0.15) is 48.8 Å². The van der Waals surface area contributed by atoms with Gasteiger partial charge in [0.2, 0.25) is 0 Å². The molecular formula is C21H31N5O. The quantitative estimate of drug-likeness (QED) is 0.784. The van der Waals surface area contributed by atoms with Gasteiger partial charge in [0.25, 0.3) is 0 Å². The maximum absolute atomic E-state index is 5.36. The van der Waals surface area contributed by atoms with E-state index in [0.29, 0.717) is 5.92 Å². The first-order valence-electron chi connectivity index (χ1n) is 10.2. The molecule has 6 heteroatoms. The third kappa shape index (κ3) is 4.33. The Morgan fingerprint density at radius 3 is 2.67 bits per heavy atom. The minimum atomic E-state index is 0.467. The summed E-state index contributed by atoms with van der Waals surface area (Å²) in [6.45, 7) is 6.48. The summed E-state index contributed by atoms with van der Waals surface area (Å²) >= 11 is 0. The van der Waals surface area contributed by atoms with Gasteiger partial charge in [-0.2, -0.15) is 0 Å². The van der Waals surface area contributed by atoms with Gasteiger partial charge >= 0.3 is 0 Å². The smallest absolute Gasteiger partial charge is 0.146 e. The van der Waals surface area contributed by atoms with Gasteiger partial charge in [0.1, 0.15) is 17.4 Å². The lowest BCUT2D eigenvalue weighted by Crippen LogP contribution is -2.35. The number of hydrogen-bond donors (Lipinski definition) is 0. The Labute approximate surface area is 162 Å². The van der Waals surface area contributed by atoms with Crippen LogP contribution in [-0.4, -0.2) is 57.9 Å². The van der Waals surface area contributed by atoms with E-state index in [9.17, 15) is 0 Å². The van der Waals surface area contributed by atoms with Gasteiger partial charge in [-0.25, -0.2) is 0 Å². The van der Waals surface area contributed by atoms with Gasteiger partial charge in [0.15, 0.2) is 0 Å². The standard InChI is InChI=1S/C21H31N5O/c1-24-20(16-25-10-3-4-11-25)22-23-21(24)18-8-6-12-26(15-18)14-17-7-5-9-19(13-17)27-2/h5,7,9,13,18H,3-4,6,8,10-12,14-16H2,1-2H3. The first kappa shape index (κ1) is 18.4. The molecule has 1 aromatic carbocycles. The van der Waals surface area contributed by atoms with Crippen LogP contribution in [0.25, 0.3) is 0 Å². The summed E-state index contributed by atoms with van der Waals surface area (Å²) in [6.07, 6.45) is 5.03. The predicted octanol–water partition coefficient (Wildman–Crippen LogP) is 2.80. The van der Waals surface area contributed by atoms with Crippen LogP contribution in [-0.2, 0) is 20.1 Å².